The molecule has 1 amide bonds. The van der Waals surface area contributed by atoms with Crippen molar-refractivity contribution in [3.63, 3.8) is 0 Å². The maximum Gasteiger partial charge on any atom is 0.307 e. The molecule has 2 heterocycles. The smallest absolute Gasteiger partial charge is 0.307 e. The first-order chi connectivity index (χ1) is 22.4. The number of hydrogen-bond acceptors (Lipinski definition) is 9. The number of fused-ring (bicyclic) bond motifs is 1. The number of rotatable bonds is 13. The molecule has 47 heavy (non-hydrogen) atoms. The van der Waals surface area contributed by atoms with Gasteiger partial charge in [0.1, 0.15) is 21.7 Å². The summed E-state index contributed by atoms with van der Waals surface area (Å²) in [6.07, 6.45) is 6.12. The molecule has 5 rings (SSSR count). The lowest BCUT2D eigenvalue weighted by Crippen LogP contribution is -2.34. The Kier molecular flexibility index (Phi) is 10.9. The molecular weight excluding hydrogens is 637 g/mol. The van der Waals surface area contributed by atoms with Crippen molar-refractivity contribution in [2.75, 3.05) is 19.0 Å². The second kappa shape index (κ2) is 14.9. The summed E-state index contributed by atoms with van der Waals surface area (Å²) in [6.45, 7) is 5.43. The fourth-order valence-corrected chi connectivity index (χ4v) is 8.10. The summed E-state index contributed by atoms with van der Waals surface area (Å²) in [4.78, 5) is 35.9. The first-order valence-corrected chi connectivity index (χ1v) is 18.1. The highest BCUT2D eigenvalue weighted by Gasteiger charge is 2.32. The van der Waals surface area contributed by atoms with Crippen LogP contribution in [-0.2, 0) is 37.3 Å². The van der Waals surface area contributed by atoms with E-state index in [2.05, 4.69) is 15.3 Å². The van der Waals surface area contributed by atoms with Gasteiger partial charge in [-0.1, -0.05) is 66.6 Å². The summed E-state index contributed by atoms with van der Waals surface area (Å²) in [7, 11) is -2.38. The van der Waals surface area contributed by atoms with Gasteiger partial charge in [0.25, 0.3) is 0 Å². The van der Waals surface area contributed by atoms with Crippen LogP contribution in [-0.4, -0.2) is 53.8 Å². The van der Waals surface area contributed by atoms with Crippen LogP contribution in [0.5, 0.6) is 5.75 Å². The molecule has 1 fully saturated rings. The number of ether oxygens (including phenoxy) is 2. The summed E-state index contributed by atoms with van der Waals surface area (Å²) in [5.41, 5.74) is 1.68. The summed E-state index contributed by atoms with van der Waals surface area (Å²) < 4.78 is 39.8. The summed E-state index contributed by atoms with van der Waals surface area (Å²) in [5.74, 6) is -0.0331. The molecule has 1 aliphatic carbocycles. The standard InChI is InChI=1S/C35H42N4O6S2/c1-35(2,3)45-31(40)18-19-39(23-25-10-6-5-7-11-25)47(42,43)28-16-14-24(15-17-28)20-29(26-12-8-9-13-26)32(41)38-34-37-30-21-27(44-4)22-36-33(30)46-34/h5-7,10-11,14-17,21-22,26,29H,8-9,12-13,18-20,23H2,1-4H3,(H,37,38,41)/t29-/m1/s1. The van der Waals surface area contributed by atoms with Crippen LogP contribution >= 0.6 is 11.3 Å². The van der Waals surface area contributed by atoms with Crippen molar-refractivity contribution in [1.29, 1.82) is 0 Å². The molecule has 1 atom stereocenters. The van der Waals surface area contributed by atoms with Gasteiger partial charge in [-0.05, 0) is 69.2 Å². The number of nitrogens with zero attached hydrogens (tertiary/aromatic N) is 3. The summed E-state index contributed by atoms with van der Waals surface area (Å²) >= 11 is 1.32. The minimum absolute atomic E-state index is 0.0219. The fourth-order valence-electron chi connectivity index (χ4n) is 5.88. The van der Waals surface area contributed by atoms with Crippen molar-refractivity contribution >= 4 is 48.7 Å². The van der Waals surface area contributed by atoms with Gasteiger partial charge < -0.3 is 14.8 Å². The molecule has 0 aliphatic heterocycles. The van der Waals surface area contributed by atoms with Crippen LogP contribution in [0.1, 0.15) is 64.0 Å². The number of sulfonamides is 1. The predicted octanol–water partition coefficient (Wildman–Crippen LogP) is 6.61. The number of carbonyl (C=O) groups is 2. The third-order valence-electron chi connectivity index (χ3n) is 8.20. The van der Waals surface area contributed by atoms with Gasteiger partial charge in [-0.3, -0.25) is 9.59 Å². The van der Waals surface area contributed by atoms with E-state index in [9.17, 15) is 18.0 Å². The third-order valence-corrected chi connectivity index (χ3v) is 11.0. The molecule has 2 aromatic heterocycles. The SMILES string of the molecule is COc1cnc2sc(NC(=O)[C@H](Cc3ccc(S(=O)(=O)N(CCC(=O)OC(C)(C)C)Cc4ccccc4)cc3)C3CCCC3)nc2c1. The first-order valence-electron chi connectivity index (χ1n) is 15.9. The molecule has 12 heteroatoms. The van der Waals surface area contributed by atoms with E-state index in [0.29, 0.717) is 27.6 Å². The van der Waals surface area contributed by atoms with Crippen molar-refractivity contribution in [2.24, 2.45) is 11.8 Å². The molecule has 0 saturated heterocycles. The van der Waals surface area contributed by atoms with Crippen LogP contribution < -0.4 is 10.1 Å². The second-order valence-electron chi connectivity index (χ2n) is 12.9. The fraction of sp³-hybridized carbons (Fsp3) is 0.429. The highest BCUT2D eigenvalue weighted by atomic mass is 32.2. The van der Waals surface area contributed by atoms with Crippen molar-refractivity contribution in [1.82, 2.24) is 14.3 Å². The van der Waals surface area contributed by atoms with Gasteiger partial charge in [-0.2, -0.15) is 4.31 Å². The van der Waals surface area contributed by atoms with Crippen molar-refractivity contribution in [3.8, 4) is 5.75 Å². The first kappa shape index (κ1) is 34.5. The number of pyridine rings is 1. The Hall–Kier alpha value is -3.87. The average Bonchev–Trinajstić information content (AvgIpc) is 3.71. The van der Waals surface area contributed by atoms with E-state index in [0.717, 1.165) is 36.8 Å². The number of hydrogen-bond donors (Lipinski definition) is 1. The molecule has 250 valence electrons. The monoisotopic (exact) mass is 678 g/mol. The Morgan fingerprint density at radius 3 is 2.40 bits per heavy atom. The average molecular weight is 679 g/mol. The van der Waals surface area contributed by atoms with Crippen molar-refractivity contribution in [3.05, 3.63) is 78.0 Å². The third kappa shape index (κ3) is 9.15. The second-order valence-corrected chi connectivity index (χ2v) is 15.8. The minimum Gasteiger partial charge on any atom is -0.495 e. The molecule has 0 spiro atoms. The molecule has 0 unspecified atom stereocenters. The van der Waals surface area contributed by atoms with E-state index in [1.165, 1.54) is 15.6 Å². The van der Waals surface area contributed by atoms with Gasteiger partial charge in [-0.15, -0.1) is 0 Å². The number of methoxy groups -OCH3 is 1. The number of anilines is 1. The Balaban J connectivity index is 1.32. The van der Waals surface area contributed by atoms with E-state index >= 15 is 0 Å². The Bertz CT molecular complexity index is 1780. The van der Waals surface area contributed by atoms with Crippen LogP contribution in [0.25, 0.3) is 10.3 Å². The number of benzene rings is 2. The molecule has 4 aromatic rings. The van der Waals surface area contributed by atoms with Crippen molar-refractivity contribution in [2.45, 2.75) is 76.3 Å². The Morgan fingerprint density at radius 1 is 1.04 bits per heavy atom. The van der Waals surface area contributed by atoms with E-state index < -0.39 is 21.6 Å². The number of thiazole rings is 1. The zero-order valence-corrected chi connectivity index (χ0v) is 28.9. The largest absolute Gasteiger partial charge is 0.495 e. The van der Waals surface area contributed by atoms with Gasteiger partial charge in [-0.25, -0.2) is 18.4 Å². The van der Waals surface area contributed by atoms with E-state index in [-0.39, 0.29) is 42.1 Å². The number of aromatic nitrogens is 2. The highest BCUT2D eigenvalue weighted by Crippen LogP contribution is 2.35. The normalized spacial score (nSPS) is 14.7. The number of carbonyl (C=O) groups excluding carboxylic acids is 2. The van der Waals surface area contributed by atoms with Gasteiger partial charge >= 0.3 is 5.97 Å². The van der Waals surface area contributed by atoms with E-state index in [1.807, 2.05) is 30.3 Å². The number of esters is 1. The summed E-state index contributed by atoms with van der Waals surface area (Å²) in [5, 5.41) is 3.51. The van der Waals surface area contributed by atoms with E-state index in [1.54, 1.807) is 64.4 Å². The van der Waals surface area contributed by atoms with Gasteiger partial charge in [0.2, 0.25) is 15.9 Å². The lowest BCUT2D eigenvalue weighted by molar-refractivity contribution is -0.154. The van der Waals surface area contributed by atoms with Crippen molar-refractivity contribution < 1.29 is 27.5 Å². The molecule has 1 aliphatic rings. The van der Waals surface area contributed by atoms with Gasteiger partial charge in [0, 0.05) is 25.1 Å². The van der Waals surface area contributed by atoms with Crippen LogP contribution in [0.2, 0.25) is 0 Å². The molecule has 1 N–H and O–H groups in total. The maximum atomic E-state index is 13.9. The molecule has 1 saturated carbocycles. The number of amides is 1. The van der Waals surface area contributed by atoms with Gasteiger partial charge in [0.05, 0.1) is 24.6 Å². The number of nitrogens with one attached hydrogen (secondary N) is 1. The van der Waals surface area contributed by atoms with Gasteiger partial charge in [0.15, 0.2) is 5.13 Å². The molecular formula is C35H42N4O6S2. The predicted molar refractivity (Wildman–Crippen MR) is 183 cm³/mol. The van der Waals surface area contributed by atoms with Crippen LogP contribution in [0.3, 0.4) is 0 Å². The Labute approximate surface area is 280 Å². The molecule has 10 nitrogen and oxygen atoms in total. The van der Waals surface area contributed by atoms with E-state index in [4.69, 9.17) is 9.47 Å². The lowest BCUT2D eigenvalue weighted by Gasteiger charge is -2.24. The van der Waals surface area contributed by atoms with Crippen LogP contribution in [0, 0.1) is 11.8 Å². The molecule has 0 radical (unpaired) electrons. The lowest BCUT2D eigenvalue weighted by atomic mass is 9.85. The minimum atomic E-state index is -3.95. The highest BCUT2D eigenvalue weighted by molar-refractivity contribution is 7.89. The quantitative estimate of drug-likeness (QED) is 0.157. The zero-order chi connectivity index (χ0) is 33.6. The topological polar surface area (TPSA) is 128 Å². The van der Waals surface area contributed by atoms with Crippen LogP contribution in [0.15, 0.2) is 71.8 Å². The maximum absolute atomic E-state index is 13.9. The summed E-state index contributed by atoms with van der Waals surface area (Å²) in [6, 6.07) is 17.8. The molecule has 2 aromatic carbocycles. The molecule has 0 bridgehead atoms. The van der Waals surface area contributed by atoms with Crippen LogP contribution in [0.4, 0.5) is 5.13 Å². The zero-order valence-electron chi connectivity index (χ0n) is 27.3. The Morgan fingerprint density at radius 2 is 1.74 bits per heavy atom.